The van der Waals surface area contributed by atoms with Gasteiger partial charge in [-0.15, -0.1) is 12.6 Å². The van der Waals surface area contributed by atoms with Gasteiger partial charge in [-0.05, 0) is 39.5 Å². The number of thiol groups is 1. The molecule has 0 unspecified atom stereocenters. The van der Waals surface area contributed by atoms with E-state index in [1.54, 1.807) is 34.6 Å². The summed E-state index contributed by atoms with van der Waals surface area (Å²) in [5.74, 6) is -1.63. The second-order valence-corrected chi connectivity index (χ2v) is 11.0. The zero-order valence-electron chi connectivity index (χ0n) is 21.4. The SMILES string of the molecule is CO[C@H]1C[C@@H](C(=O)N[C@@H](C[C@@H]2CCNC2=O)[C@@H](O)S)N(C(=O)[C@@H](NC(=O)OC(C)(C)C)C(C)C)C1. The number of nitrogens with zero attached hydrogens (tertiary/aromatic N) is 1. The van der Waals surface area contributed by atoms with E-state index in [2.05, 4.69) is 28.6 Å². The van der Waals surface area contributed by atoms with Crippen molar-refractivity contribution < 1.29 is 33.8 Å². The average Bonchev–Trinajstić information content (AvgIpc) is 3.35. The molecule has 0 aromatic carbocycles. The number of carbonyl (C=O) groups is 4. The Hall–Kier alpha value is -2.05. The molecule has 0 spiro atoms. The quantitative estimate of drug-likeness (QED) is 0.220. The normalized spacial score (nSPS) is 25.1. The van der Waals surface area contributed by atoms with E-state index in [4.69, 9.17) is 9.47 Å². The highest BCUT2D eigenvalue weighted by molar-refractivity contribution is 7.80. The average molecular weight is 517 g/mol. The number of aliphatic hydroxyl groups excluding tert-OH is 1. The Bertz CT molecular complexity index is 786. The molecule has 0 bridgehead atoms. The summed E-state index contributed by atoms with van der Waals surface area (Å²) in [6, 6.07) is -2.57. The number of alkyl carbamates (subject to hydrolysis) is 1. The zero-order chi connectivity index (χ0) is 26.5. The number of ether oxygens (including phenoxy) is 2. The van der Waals surface area contributed by atoms with E-state index >= 15 is 0 Å². The summed E-state index contributed by atoms with van der Waals surface area (Å²) < 4.78 is 10.7. The van der Waals surface area contributed by atoms with Crippen LogP contribution >= 0.6 is 12.6 Å². The van der Waals surface area contributed by atoms with Gasteiger partial charge in [-0.3, -0.25) is 14.4 Å². The van der Waals surface area contributed by atoms with Gasteiger partial charge in [0, 0.05) is 32.5 Å². The van der Waals surface area contributed by atoms with Gasteiger partial charge in [0.1, 0.15) is 23.1 Å². The van der Waals surface area contributed by atoms with E-state index in [0.29, 0.717) is 13.0 Å². The van der Waals surface area contributed by atoms with Crippen LogP contribution in [0.15, 0.2) is 0 Å². The Labute approximate surface area is 212 Å². The maximum absolute atomic E-state index is 13.5. The van der Waals surface area contributed by atoms with Crippen molar-refractivity contribution in [3.8, 4) is 0 Å². The van der Waals surface area contributed by atoms with Crippen molar-refractivity contribution in [3.05, 3.63) is 0 Å². The molecule has 35 heavy (non-hydrogen) atoms. The minimum atomic E-state index is -1.19. The molecule has 2 heterocycles. The summed E-state index contributed by atoms with van der Waals surface area (Å²) in [5, 5.41) is 18.3. The molecule has 0 aromatic heterocycles. The number of methoxy groups -OCH3 is 1. The molecule has 11 nitrogen and oxygen atoms in total. The second kappa shape index (κ2) is 12.3. The summed E-state index contributed by atoms with van der Waals surface area (Å²) >= 11 is 4.09. The van der Waals surface area contributed by atoms with E-state index in [1.807, 2.05) is 0 Å². The number of hydrogen-bond acceptors (Lipinski definition) is 8. The predicted octanol–water partition coefficient (Wildman–Crippen LogP) is 0.411. The van der Waals surface area contributed by atoms with Gasteiger partial charge in [-0.25, -0.2) is 4.79 Å². The fourth-order valence-corrected chi connectivity index (χ4v) is 4.49. The smallest absolute Gasteiger partial charge is 0.408 e. The number of rotatable bonds is 9. The Kier molecular flexibility index (Phi) is 10.2. The molecule has 6 atom stereocenters. The molecule has 2 rings (SSSR count). The topological polar surface area (TPSA) is 146 Å². The Morgan fingerprint density at radius 2 is 1.91 bits per heavy atom. The third-order valence-corrected chi connectivity index (χ3v) is 6.54. The first-order valence-corrected chi connectivity index (χ1v) is 12.5. The molecule has 0 saturated carbocycles. The summed E-state index contributed by atoms with van der Waals surface area (Å²) in [4.78, 5) is 52.5. The molecule has 4 amide bonds. The van der Waals surface area contributed by atoms with Crippen molar-refractivity contribution in [3.63, 3.8) is 0 Å². The number of likely N-dealkylation sites (tertiary alicyclic amines) is 1. The van der Waals surface area contributed by atoms with Crippen LogP contribution in [-0.2, 0) is 23.9 Å². The summed E-state index contributed by atoms with van der Waals surface area (Å²) in [6.45, 7) is 9.48. The van der Waals surface area contributed by atoms with Gasteiger partial charge in [0.15, 0.2) is 0 Å². The maximum Gasteiger partial charge on any atom is 0.408 e. The molecular weight excluding hydrogens is 476 g/mol. The molecule has 200 valence electrons. The fraction of sp³-hybridized carbons (Fsp3) is 0.826. The van der Waals surface area contributed by atoms with Crippen LogP contribution < -0.4 is 16.0 Å². The van der Waals surface area contributed by atoms with Gasteiger partial charge in [-0.1, -0.05) is 13.8 Å². The zero-order valence-corrected chi connectivity index (χ0v) is 22.3. The first-order chi connectivity index (χ1) is 16.2. The lowest BCUT2D eigenvalue weighted by Crippen LogP contribution is -2.57. The van der Waals surface area contributed by atoms with E-state index in [9.17, 15) is 24.3 Å². The van der Waals surface area contributed by atoms with Crippen LogP contribution in [-0.4, -0.2) is 89.3 Å². The van der Waals surface area contributed by atoms with Gasteiger partial charge in [0.25, 0.3) is 0 Å². The Morgan fingerprint density at radius 3 is 2.40 bits per heavy atom. The van der Waals surface area contributed by atoms with Crippen LogP contribution in [0.5, 0.6) is 0 Å². The molecule has 2 aliphatic heterocycles. The molecule has 0 aliphatic carbocycles. The molecule has 0 aromatic rings. The lowest BCUT2D eigenvalue weighted by molar-refractivity contribution is -0.141. The Morgan fingerprint density at radius 1 is 1.26 bits per heavy atom. The molecule has 4 N–H and O–H groups in total. The van der Waals surface area contributed by atoms with Gasteiger partial charge >= 0.3 is 6.09 Å². The van der Waals surface area contributed by atoms with Crippen molar-refractivity contribution in [2.45, 2.75) is 89.1 Å². The number of nitrogens with one attached hydrogen (secondary N) is 3. The lowest BCUT2D eigenvalue weighted by atomic mass is 9.98. The largest absolute Gasteiger partial charge is 0.444 e. The lowest BCUT2D eigenvalue weighted by Gasteiger charge is -2.32. The van der Waals surface area contributed by atoms with E-state index in [0.717, 1.165) is 0 Å². The third kappa shape index (κ3) is 8.25. The van der Waals surface area contributed by atoms with Crippen molar-refractivity contribution in [2.24, 2.45) is 11.8 Å². The number of amides is 4. The summed E-state index contributed by atoms with van der Waals surface area (Å²) in [5.41, 5.74) is -1.92. The highest BCUT2D eigenvalue weighted by atomic mass is 32.1. The highest BCUT2D eigenvalue weighted by Crippen LogP contribution is 2.25. The van der Waals surface area contributed by atoms with Gasteiger partial charge < -0.3 is 35.4 Å². The highest BCUT2D eigenvalue weighted by Gasteiger charge is 2.44. The van der Waals surface area contributed by atoms with Gasteiger partial charge in [0.2, 0.25) is 17.7 Å². The van der Waals surface area contributed by atoms with Crippen LogP contribution in [0.1, 0.15) is 53.9 Å². The van der Waals surface area contributed by atoms with Gasteiger partial charge in [0.05, 0.1) is 12.1 Å². The third-order valence-electron chi connectivity index (χ3n) is 6.18. The molecule has 2 fully saturated rings. The van der Waals surface area contributed by atoms with Crippen molar-refractivity contribution in [2.75, 3.05) is 20.2 Å². The molecule has 2 aliphatic rings. The number of carbonyl (C=O) groups excluding carboxylic acids is 4. The van der Waals surface area contributed by atoms with E-state index in [-0.39, 0.29) is 43.2 Å². The molecule has 0 radical (unpaired) electrons. The monoisotopic (exact) mass is 516 g/mol. The standard InChI is InChI=1S/C23H40N4O7S/c1-12(2)17(26-22(32)34-23(3,4)5)20(30)27-11-14(33-6)10-16(27)19(29)25-15(21(31)35)9-13-7-8-24-18(13)28/h12-17,21,31,35H,7-11H2,1-6H3,(H,24,28)(H,25,29)(H,26,32)/t13-,14-,15-,16-,17-,21-/m0/s1. The van der Waals surface area contributed by atoms with Crippen molar-refractivity contribution in [1.82, 2.24) is 20.9 Å². The van der Waals surface area contributed by atoms with Crippen molar-refractivity contribution in [1.29, 1.82) is 0 Å². The molecule has 2 saturated heterocycles. The van der Waals surface area contributed by atoms with E-state index in [1.165, 1.54) is 12.0 Å². The maximum atomic E-state index is 13.5. The minimum absolute atomic E-state index is 0.122. The first kappa shape index (κ1) is 29.2. The van der Waals surface area contributed by atoms with E-state index < -0.39 is 47.1 Å². The predicted molar refractivity (Wildman–Crippen MR) is 132 cm³/mol. The Balaban J connectivity index is 2.16. The van der Waals surface area contributed by atoms with Gasteiger partial charge in [-0.2, -0.15) is 0 Å². The number of hydrogen-bond donors (Lipinski definition) is 5. The van der Waals surface area contributed by atoms with Crippen LogP contribution in [0, 0.1) is 11.8 Å². The molecule has 12 heteroatoms. The summed E-state index contributed by atoms with van der Waals surface area (Å²) in [7, 11) is 1.51. The van der Waals surface area contributed by atoms with Crippen LogP contribution in [0.3, 0.4) is 0 Å². The van der Waals surface area contributed by atoms with Crippen LogP contribution in [0.4, 0.5) is 4.79 Å². The van der Waals surface area contributed by atoms with Crippen LogP contribution in [0.25, 0.3) is 0 Å². The van der Waals surface area contributed by atoms with Crippen LogP contribution in [0.2, 0.25) is 0 Å². The number of aliphatic hydroxyl groups is 1. The summed E-state index contributed by atoms with van der Waals surface area (Å²) in [6.07, 6.45) is -0.00122. The minimum Gasteiger partial charge on any atom is -0.444 e. The fourth-order valence-electron chi connectivity index (χ4n) is 4.30. The second-order valence-electron chi connectivity index (χ2n) is 10.5. The first-order valence-electron chi connectivity index (χ1n) is 12.0. The van der Waals surface area contributed by atoms with Crippen molar-refractivity contribution >= 4 is 36.4 Å². The molecular formula is C23H40N4O7S.